The molecule has 0 saturated carbocycles. The average molecular weight is 448 g/mol. The van der Waals surface area contributed by atoms with Gasteiger partial charge in [-0.15, -0.1) is 22.7 Å². The number of amides is 1. The summed E-state index contributed by atoms with van der Waals surface area (Å²) in [7, 11) is 3.75. The third kappa shape index (κ3) is 3.58. The SMILES string of the molecule is Cc1nn(C)c2sc(C(=O)N(C)Cc3cn(-c4ccccc4)nc3-c3cccs3)cc12. The van der Waals surface area contributed by atoms with Crippen LogP contribution < -0.4 is 0 Å². The summed E-state index contributed by atoms with van der Waals surface area (Å²) in [5.74, 6) is 0.00481. The van der Waals surface area contributed by atoms with Crippen molar-refractivity contribution in [1.29, 1.82) is 0 Å². The van der Waals surface area contributed by atoms with Crippen LogP contribution in [-0.2, 0) is 13.6 Å². The highest BCUT2D eigenvalue weighted by molar-refractivity contribution is 7.20. The van der Waals surface area contributed by atoms with Crippen LogP contribution in [0.4, 0.5) is 0 Å². The van der Waals surface area contributed by atoms with E-state index in [1.807, 2.05) is 84.4 Å². The number of carbonyl (C=O) groups is 1. The highest BCUT2D eigenvalue weighted by Gasteiger charge is 2.21. The molecule has 8 heteroatoms. The molecule has 4 aromatic heterocycles. The van der Waals surface area contributed by atoms with E-state index in [0.29, 0.717) is 6.54 Å². The molecule has 31 heavy (non-hydrogen) atoms. The Bertz CT molecular complexity index is 1330. The van der Waals surface area contributed by atoms with Crippen molar-refractivity contribution in [3.63, 3.8) is 0 Å². The Morgan fingerprint density at radius 3 is 2.65 bits per heavy atom. The summed E-state index contributed by atoms with van der Waals surface area (Å²) < 4.78 is 3.72. The molecule has 1 aromatic carbocycles. The van der Waals surface area contributed by atoms with Gasteiger partial charge in [0.25, 0.3) is 5.91 Å². The highest BCUT2D eigenvalue weighted by Crippen LogP contribution is 2.31. The number of aromatic nitrogens is 4. The molecule has 0 unspecified atom stereocenters. The van der Waals surface area contributed by atoms with Crippen molar-refractivity contribution in [2.24, 2.45) is 7.05 Å². The van der Waals surface area contributed by atoms with Gasteiger partial charge in [0, 0.05) is 37.8 Å². The quantitative estimate of drug-likeness (QED) is 0.375. The average Bonchev–Trinajstić information content (AvgIpc) is 3.55. The Kier molecular flexibility index (Phi) is 4.95. The zero-order chi connectivity index (χ0) is 21.5. The standard InChI is InChI=1S/C23H21N5OS2/c1-15-18-12-20(31-23(18)27(3)24-15)22(29)26(2)13-16-14-28(17-8-5-4-6-9-17)25-21(16)19-10-7-11-30-19/h4-12,14H,13H2,1-3H3. The highest BCUT2D eigenvalue weighted by atomic mass is 32.1. The fraction of sp³-hybridized carbons (Fsp3) is 0.174. The van der Waals surface area contributed by atoms with E-state index in [4.69, 9.17) is 5.10 Å². The van der Waals surface area contributed by atoms with E-state index >= 15 is 0 Å². The Labute approximate surface area is 188 Å². The van der Waals surface area contributed by atoms with Crippen LogP contribution in [0.15, 0.2) is 60.1 Å². The van der Waals surface area contributed by atoms with E-state index in [1.165, 1.54) is 11.3 Å². The van der Waals surface area contributed by atoms with Crippen LogP contribution in [0.5, 0.6) is 0 Å². The summed E-state index contributed by atoms with van der Waals surface area (Å²) in [4.78, 5) is 17.8. The number of para-hydroxylation sites is 1. The van der Waals surface area contributed by atoms with Crippen LogP contribution in [0.25, 0.3) is 26.5 Å². The van der Waals surface area contributed by atoms with Crippen LogP contribution >= 0.6 is 22.7 Å². The number of nitrogens with zero attached hydrogens (tertiary/aromatic N) is 5. The molecule has 1 amide bonds. The normalized spacial score (nSPS) is 11.3. The second kappa shape index (κ2) is 7.79. The molecule has 4 heterocycles. The molecular weight excluding hydrogens is 426 g/mol. The van der Waals surface area contributed by atoms with Gasteiger partial charge in [-0.1, -0.05) is 24.3 Å². The van der Waals surface area contributed by atoms with Crippen LogP contribution in [0.3, 0.4) is 0 Å². The fourth-order valence-electron chi connectivity index (χ4n) is 3.69. The predicted molar refractivity (Wildman–Crippen MR) is 126 cm³/mol. The van der Waals surface area contributed by atoms with Gasteiger partial charge in [-0.3, -0.25) is 9.48 Å². The van der Waals surface area contributed by atoms with Gasteiger partial charge >= 0.3 is 0 Å². The number of rotatable bonds is 5. The van der Waals surface area contributed by atoms with E-state index in [-0.39, 0.29) is 5.91 Å². The second-order valence-corrected chi connectivity index (χ2v) is 9.44. The Morgan fingerprint density at radius 2 is 1.94 bits per heavy atom. The first-order valence-corrected chi connectivity index (χ1v) is 11.6. The molecule has 0 aliphatic rings. The van der Waals surface area contributed by atoms with Crippen LogP contribution in [-0.4, -0.2) is 37.4 Å². The molecule has 5 aromatic rings. The van der Waals surface area contributed by atoms with E-state index in [0.717, 1.165) is 42.6 Å². The summed E-state index contributed by atoms with van der Waals surface area (Å²) in [6.45, 7) is 2.45. The van der Waals surface area contributed by atoms with Gasteiger partial charge in [-0.05, 0) is 36.6 Å². The lowest BCUT2D eigenvalue weighted by Gasteiger charge is -2.16. The maximum Gasteiger partial charge on any atom is 0.264 e. The molecule has 0 aliphatic carbocycles. The molecule has 0 N–H and O–H groups in total. The number of hydrogen-bond donors (Lipinski definition) is 0. The fourth-order valence-corrected chi connectivity index (χ4v) is 5.55. The van der Waals surface area contributed by atoms with Gasteiger partial charge in [0.15, 0.2) is 0 Å². The lowest BCUT2D eigenvalue weighted by Crippen LogP contribution is -2.25. The molecular formula is C23H21N5OS2. The monoisotopic (exact) mass is 447 g/mol. The Hall–Kier alpha value is -3.23. The predicted octanol–water partition coefficient (Wildman–Crippen LogP) is 5.13. The van der Waals surface area contributed by atoms with Crippen molar-refractivity contribution < 1.29 is 4.79 Å². The molecule has 0 spiro atoms. The summed E-state index contributed by atoms with van der Waals surface area (Å²) in [5.41, 5.74) is 3.86. The van der Waals surface area contributed by atoms with Gasteiger partial charge in [0.1, 0.15) is 10.5 Å². The molecule has 156 valence electrons. The molecule has 5 rings (SSSR count). The number of thiophene rings is 2. The van der Waals surface area contributed by atoms with Crippen LogP contribution in [0, 0.1) is 6.92 Å². The van der Waals surface area contributed by atoms with Gasteiger partial charge in [0.2, 0.25) is 0 Å². The minimum Gasteiger partial charge on any atom is -0.337 e. The number of aryl methyl sites for hydroxylation is 2. The van der Waals surface area contributed by atoms with Crippen molar-refractivity contribution in [3.8, 4) is 16.3 Å². The molecule has 0 fully saturated rings. The zero-order valence-electron chi connectivity index (χ0n) is 17.4. The molecule has 0 atom stereocenters. The van der Waals surface area contributed by atoms with Crippen molar-refractivity contribution in [2.45, 2.75) is 13.5 Å². The number of benzene rings is 1. The molecule has 0 aliphatic heterocycles. The smallest absolute Gasteiger partial charge is 0.264 e. The lowest BCUT2D eigenvalue weighted by molar-refractivity contribution is 0.0790. The first-order chi connectivity index (χ1) is 15.0. The molecule has 0 saturated heterocycles. The van der Waals surface area contributed by atoms with Gasteiger partial charge in [0.05, 0.1) is 21.1 Å². The first-order valence-electron chi connectivity index (χ1n) is 9.87. The van der Waals surface area contributed by atoms with Crippen molar-refractivity contribution in [2.75, 3.05) is 7.05 Å². The van der Waals surface area contributed by atoms with E-state index in [9.17, 15) is 4.79 Å². The number of carbonyl (C=O) groups excluding carboxylic acids is 1. The summed E-state index contributed by atoms with van der Waals surface area (Å²) in [6, 6.07) is 16.1. The van der Waals surface area contributed by atoms with Crippen LogP contribution in [0.1, 0.15) is 20.9 Å². The first kappa shape index (κ1) is 19.7. The Balaban J connectivity index is 1.47. The molecule has 6 nitrogen and oxygen atoms in total. The molecule has 0 radical (unpaired) electrons. The topological polar surface area (TPSA) is 56.0 Å². The van der Waals surface area contributed by atoms with E-state index in [1.54, 1.807) is 16.2 Å². The minimum absolute atomic E-state index is 0.00481. The third-order valence-corrected chi connectivity index (χ3v) is 7.29. The van der Waals surface area contributed by atoms with Crippen molar-refractivity contribution in [3.05, 3.63) is 76.2 Å². The van der Waals surface area contributed by atoms with Crippen LogP contribution in [0.2, 0.25) is 0 Å². The summed E-state index contributed by atoms with van der Waals surface area (Å²) >= 11 is 3.14. The Morgan fingerprint density at radius 1 is 1.13 bits per heavy atom. The number of fused-ring (bicyclic) bond motifs is 1. The third-order valence-electron chi connectivity index (χ3n) is 5.23. The number of hydrogen-bond acceptors (Lipinski definition) is 5. The van der Waals surface area contributed by atoms with E-state index in [2.05, 4.69) is 11.2 Å². The maximum atomic E-state index is 13.2. The van der Waals surface area contributed by atoms with E-state index < -0.39 is 0 Å². The maximum absolute atomic E-state index is 13.2. The largest absolute Gasteiger partial charge is 0.337 e. The second-order valence-electron chi connectivity index (χ2n) is 7.46. The van der Waals surface area contributed by atoms with Gasteiger partial charge < -0.3 is 4.90 Å². The summed E-state index contributed by atoms with van der Waals surface area (Å²) in [6.07, 6.45) is 2.02. The van der Waals surface area contributed by atoms with Gasteiger partial charge in [-0.2, -0.15) is 10.2 Å². The summed E-state index contributed by atoms with van der Waals surface area (Å²) in [5, 5.41) is 12.4. The lowest BCUT2D eigenvalue weighted by atomic mass is 10.2. The van der Waals surface area contributed by atoms with Gasteiger partial charge in [-0.25, -0.2) is 4.68 Å². The van der Waals surface area contributed by atoms with Crippen molar-refractivity contribution >= 4 is 38.8 Å². The van der Waals surface area contributed by atoms with Crippen molar-refractivity contribution in [1.82, 2.24) is 24.5 Å². The zero-order valence-corrected chi connectivity index (χ0v) is 19.1. The molecule has 0 bridgehead atoms. The minimum atomic E-state index is 0.00481.